The van der Waals surface area contributed by atoms with Gasteiger partial charge in [-0.2, -0.15) is 17.6 Å². The fourth-order valence-electron chi connectivity index (χ4n) is 0.116. The highest BCUT2D eigenvalue weighted by atomic mass is 19.3. The summed E-state index contributed by atoms with van der Waals surface area (Å²) in [4.78, 5) is 0. The smallest absolute Gasteiger partial charge is 0.332 e. The van der Waals surface area contributed by atoms with E-state index in [1.54, 1.807) is 0 Å². The molecule has 0 spiro atoms. The number of hydrogen-bond donors (Lipinski definition) is 1. The maximum atomic E-state index is 11.6. The Balaban J connectivity index is 4.14. The predicted molar refractivity (Wildman–Crippen MR) is 22.3 cm³/mol. The van der Waals surface area contributed by atoms with Gasteiger partial charge in [-0.15, -0.1) is 0 Å². The van der Waals surface area contributed by atoms with Gasteiger partial charge in [0, 0.05) is 6.92 Å². The third-order valence-electron chi connectivity index (χ3n) is 0.734. The lowest BCUT2D eigenvalue weighted by molar-refractivity contribution is -0.200. The van der Waals surface area contributed by atoms with Crippen LogP contribution in [-0.4, -0.2) is 23.6 Å². The van der Waals surface area contributed by atoms with Crippen LogP contribution >= 0.6 is 0 Å². The first-order chi connectivity index (χ1) is 3.81. The van der Waals surface area contributed by atoms with Gasteiger partial charge in [0.2, 0.25) is 0 Å². The Morgan fingerprint density at radius 2 is 1.56 bits per heavy atom. The van der Waals surface area contributed by atoms with Crippen molar-refractivity contribution in [1.29, 1.82) is 0 Å². The predicted octanol–water partition coefficient (Wildman–Crippen LogP) is 1.08. The summed E-state index contributed by atoms with van der Waals surface area (Å²) in [5, 5.41) is 7.66. The summed E-state index contributed by atoms with van der Waals surface area (Å²) in [5.74, 6) is -8.80. The van der Waals surface area contributed by atoms with Gasteiger partial charge in [-0.05, 0) is 0 Å². The molecule has 0 saturated heterocycles. The highest BCUT2D eigenvalue weighted by molar-refractivity contribution is 4.85. The molecule has 9 heavy (non-hydrogen) atoms. The fraction of sp³-hybridized carbons (Fsp3) is 0.750. The third kappa shape index (κ3) is 1.82. The zero-order valence-electron chi connectivity index (χ0n) is 4.37. The van der Waals surface area contributed by atoms with Crippen molar-refractivity contribution in [2.45, 2.75) is 11.8 Å². The van der Waals surface area contributed by atoms with E-state index in [4.69, 9.17) is 5.11 Å². The van der Waals surface area contributed by atoms with Gasteiger partial charge in [0.15, 0.2) is 0 Å². The summed E-state index contributed by atoms with van der Waals surface area (Å²) in [6.07, 6.45) is 0. The molecular formula is C4H5F4O. The maximum absolute atomic E-state index is 11.6. The molecule has 0 aliphatic heterocycles. The quantitative estimate of drug-likeness (QED) is 0.576. The minimum atomic E-state index is -4.41. The Morgan fingerprint density at radius 1 is 1.22 bits per heavy atom. The molecule has 5 heteroatoms. The number of aliphatic hydroxyl groups is 1. The van der Waals surface area contributed by atoms with Crippen LogP contribution < -0.4 is 0 Å². The van der Waals surface area contributed by atoms with E-state index in [1.807, 2.05) is 6.92 Å². The van der Waals surface area contributed by atoms with Gasteiger partial charge in [0.1, 0.15) is 6.61 Å². The fourth-order valence-corrected chi connectivity index (χ4v) is 0.116. The molecule has 0 fully saturated rings. The van der Waals surface area contributed by atoms with Crippen LogP contribution in [0.25, 0.3) is 0 Å². The van der Waals surface area contributed by atoms with E-state index in [0.29, 0.717) is 0 Å². The van der Waals surface area contributed by atoms with Crippen LogP contribution in [0.5, 0.6) is 0 Å². The van der Waals surface area contributed by atoms with E-state index in [2.05, 4.69) is 0 Å². The second-order valence-electron chi connectivity index (χ2n) is 1.57. The Bertz CT molecular complexity index is 95.2. The van der Waals surface area contributed by atoms with E-state index in [9.17, 15) is 17.6 Å². The van der Waals surface area contributed by atoms with Crippen LogP contribution in [0.15, 0.2) is 0 Å². The summed E-state index contributed by atoms with van der Waals surface area (Å²) < 4.78 is 46.2. The first kappa shape index (κ1) is 8.68. The first-order valence-electron chi connectivity index (χ1n) is 2.03. The summed E-state index contributed by atoms with van der Waals surface area (Å²) in [6.45, 7) is -0.0158. The normalized spacial score (nSPS) is 14.0. The highest BCUT2D eigenvalue weighted by Crippen LogP contribution is 2.32. The number of hydrogen-bond acceptors (Lipinski definition) is 1. The lowest BCUT2D eigenvalue weighted by Crippen LogP contribution is -2.41. The summed E-state index contributed by atoms with van der Waals surface area (Å²) in [6, 6.07) is 0. The third-order valence-corrected chi connectivity index (χ3v) is 0.734. The van der Waals surface area contributed by atoms with Crippen LogP contribution in [0.3, 0.4) is 0 Å². The molecule has 0 rings (SSSR count). The zero-order valence-corrected chi connectivity index (χ0v) is 4.37. The molecule has 0 unspecified atom stereocenters. The average Bonchev–Trinajstić information content (AvgIpc) is 1.64. The van der Waals surface area contributed by atoms with Crippen LogP contribution in [-0.2, 0) is 0 Å². The molecule has 55 valence electrons. The average molecular weight is 145 g/mol. The van der Waals surface area contributed by atoms with Gasteiger partial charge in [-0.25, -0.2) is 0 Å². The molecule has 0 aliphatic carbocycles. The van der Waals surface area contributed by atoms with Gasteiger partial charge in [0.25, 0.3) is 0 Å². The molecule has 0 atom stereocenters. The zero-order chi connectivity index (χ0) is 7.71. The minimum Gasteiger partial charge on any atom is -0.390 e. The molecule has 0 aromatic carbocycles. The van der Waals surface area contributed by atoms with Crippen molar-refractivity contribution >= 4 is 0 Å². The lowest BCUT2D eigenvalue weighted by Gasteiger charge is -2.19. The second-order valence-corrected chi connectivity index (χ2v) is 1.57. The molecule has 0 bridgehead atoms. The van der Waals surface area contributed by atoms with E-state index < -0.39 is 18.5 Å². The Morgan fingerprint density at radius 3 is 1.56 bits per heavy atom. The maximum Gasteiger partial charge on any atom is 0.332 e. The van der Waals surface area contributed by atoms with Crippen LogP contribution in [0, 0.1) is 6.92 Å². The van der Waals surface area contributed by atoms with E-state index in [-0.39, 0.29) is 0 Å². The van der Waals surface area contributed by atoms with Crippen molar-refractivity contribution in [2.75, 3.05) is 6.61 Å². The molecule has 0 amide bonds. The van der Waals surface area contributed by atoms with Gasteiger partial charge in [0.05, 0.1) is 0 Å². The lowest BCUT2D eigenvalue weighted by atomic mass is 10.2. The SMILES string of the molecule is [CH2]C(F)(F)C(F)(F)CO. The molecule has 1 radical (unpaired) electrons. The van der Waals surface area contributed by atoms with Crippen LogP contribution in [0.2, 0.25) is 0 Å². The molecule has 1 N–H and O–H groups in total. The van der Waals surface area contributed by atoms with Crippen molar-refractivity contribution in [3.8, 4) is 0 Å². The number of rotatable bonds is 2. The van der Waals surface area contributed by atoms with Gasteiger partial charge in [-0.1, -0.05) is 0 Å². The van der Waals surface area contributed by atoms with E-state index in [1.165, 1.54) is 0 Å². The number of halogens is 4. The van der Waals surface area contributed by atoms with E-state index in [0.717, 1.165) is 0 Å². The number of alkyl halides is 4. The van der Waals surface area contributed by atoms with Gasteiger partial charge >= 0.3 is 11.8 Å². The molecule has 0 saturated carbocycles. The Labute approximate surface area is 49.3 Å². The molecule has 0 aliphatic rings. The molecule has 0 aromatic heterocycles. The van der Waals surface area contributed by atoms with E-state index >= 15 is 0 Å². The minimum absolute atomic E-state index is 1.87. The van der Waals surface area contributed by atoms with Gasteiger partial charge in [-0.3, -0.25) is 0 Å². The molecule has 0 aromatic rings. The summed E-state index contributed by atoms with van der Waals surface area (Å²) in [7, 11) is 0. The summed E-state index contributed by atoms with van der Waals surface area (Å²) in [5.41, 5.74) is 0. The summed E-state index contributed by atoms with van der Waals surface area (Å²) >= 11 is 0. The Kier molecular flexibility index (Phi) is 2.06. The molecular weight excluding hydrogens is 140 g/mol. The molecule has 0 heterocycles. The topological polar surface area (TPSA) is 20.2 Å². The van der Waals surface area contributed by atoms with Crippen molar-refractivity contribution in [3.05, 3.63) is 6.92 Å². The highest BCUT2D eigenvalue weighted by Gasteiger charge is 2.51. The first-order valence-corrected chi connectivity index (χ1v) is 2.03. The number of aliphatic hydroxyl groups excluding tert-OH is 1. The van der Waals surface area contributed by atoms with Crippen LogP contribution in [0.1, 0.15) is 0 Å². The Hall–Kier alpha value is -0.320. The van der Waals surface area contributed by atoms with Crippen molar-refractivity contribution < 1.29 is 22.7 Å². The van der Waals surface area contributed by atoms with Crippen LogP contribution in [0.4, 0.5) is 17.6 Å². The standard InChI is InChI=1S/C4H5F4O/c1-3(5,6)4(7,8)2-9/h9H,1-2H2. The van der Waals surface area contributed by atoms with Crippen molar-refractivity contribution in [2.24, 2.45) is 0 Å². The van der Waals surface area contributed by atoms with Gasteiger partial charge < -0.3 is 5.11 Å². The largest absolute Gasteiger partial charge is 0.390 e. The second kappa shape index (κ2) is 2.13. The van der Waals surface area contributed by atoms with Crippen molar-refractivity contribution in [1.82, 2.24) is 0 Å². The monoisotopic (exact) mass is 145 g/mol. The molecule has 1 nitrogen and oxygen atoms in total. The van der Waals surface area contributed by atoms with Crippen molar-refractivity contribution in [3.63, 3.8) is 0 Å².